The Morgan fingerprint density at radius 1 is 1.42 bits per heavy atom. The number of hydrogen-bond donors (Lipinski definition) is 0. The first-order chi connectivity index (χ1) is 8.80. The summed E-state index contributed by atoms with van der Waals surface area (Å²) in [5.74, 6) is 0. The standard InChI is InChI=1S/C15H22N2O2/c1-14(2,3)19-13(18)17-10-8-15(4,11-17)12-7-5-6-9-16-12/h5-7,9H,8,10-11H2,1-4H3. The Hall–Kier alpha value is -1.58. The number of amides is 1. The molecule has 1 aromatic heterocycles. The van der Waals surface area contributed by atoms with Crippen molar-refractivity contribution in [1.82, 2.24) is 9.88 Å². The lowest BCUT2D eigenvalue weighted by Gasteiger charge is -2.26. The van der Waals surface area contributed by atoms with E-state index in [9.17, 15) is 4.79 Å². The number of nitrogens with zero attached hydrogens (tertiary/aromatic N) is 2. The van der Waals surface area contributed by atoms with Gasteiger partial charge in [-0.2, -0.15) is 0 Å². The number of carbonyl (C=O) groups excluding carboxylic acids is 1. The fourth-order valence-electron chi connectivity index (χ4n) is 2.37. The second-order valence-corrected chi connectivity index (χ2v) is 6.43. The van der Waals surface area contributed by atoms with Gasteiger partial charge in [0.25, 0.3) is 0 Å². The van der Waals surface area contributed by atoms with Crippen LogP contribution in [0.2, 0.25) is 0 Å². The Kier molecular flexibility index (Phi) is 3.52. The molecule has 1 atom stereocenters. The smallest absolute Gasteiger partial charge is 0.410 e. The maximum absolute atomic E-state index is 12.1. The molecule has 0 saturated carbocycles. The maximum Gasteiger partial charge on any atom is 0.410 e. The molecule has 1 aromatic rings. The minimum absolute atomic E-state index is 0.0713. The minimum atomic E-state index is -0.443. The van der Waals surface area contributed by atoms with Crippen molar-refractivity contribution < 1.29 is 9.53 Å². The first kappa shape index (κ1) is 13.8. The molecule has 19 heavy (non-hydrogen) atoms. The van der Waals surface area contributed by atoms with Crippen molar-refractivity contribution in [2.24, 2.45) is 0 Å². The van der Waals surface area contributed by atoms with Gasteiger partial charge in [0.1, 0.15) is 5.60 Å². The molecule has 1 amide bonds. The molecule has 2 heterocycles. The van der Waals surface area contributed by atoms with Gasteiger partial charge in [0, 0.05) is 30.4 Å². The summed E-state index contributed by atoms with van der Waals surface area (Å²) in [5, 5.41) is 0. The van der Waals surface area contributed by atoms with Crippen molar-refractivity contribution in [2.75, 3.05) is 13.1 Å². The Morgan fingerprint density at radius 3 is 2.74 bits per heavy atom. The molecule has 0 spiro atoms. The number of hydrogen-bond acceptors (Lipinski definition) is 3. The van der Waals surface area contributed by atoms with E-state index >= 15 is 0 Å². The van der Waals surface area contributed by atoms with Gasteiger partial charge in [-0.3, -0.25) is 4.98 Å². The highest BCUT2D eigenvalue weighted by Gasteiger charge is 2.39. The van der Waals surface area contributed by atoms with Crippen molar-refractivity contribution in [2.45, 2.75) is 45.1 Å². The zero-order chi connectivity index (χ0) is 14.1. The van der Waals surface area contributed by atoms with Crippen LogP contribution in [0.1, 0.15) is 39.8 Å². The molecule has 0 aliphatic carbocycles. The molecule has 4 heteroatoms. The van der Waals surface area contributed by atoms with Crippen LogP contribution in [0.5, 0.6) is 0 Å². The maximum atomic E-state index is 12.1. The lowest BCUT2D eigenvalue weighted by molar-refractivity contribution is 0.0285. The number of ether oxygens (including phenoxy) is 1. The zero-order valence-electron chi connectivity index (χ0n) is 12.1. The van der Waals surface area contributed by atoms with E-state index in [1.807, 2.05) is 39.0 Å². The van der Waals surface area contributed by atoms with Crippen molar-refractivity contribution in [3.63, 3.8) is 0 Å². The van der Waals surface area contributed by atoms with Crippen molar-refractivity contribution in [1.29, 1.82) is 0 Å². The third-order valence-electron chi connectivity index (χ3n) is 3.41. The summed E-state index contributed by atoms with van der Waals surface area (Å²) in [7, 11) is 0. The highest BCUT2D eigenvalue weighted by atomic mass is 16.6. The number of rotatable bonds is 1. The molecule has 1 fully saturated rings. The SMILES string of the molecule is CC(C)(C)OC(=O)N1CCC(C)(c2ccccn2)C1. The van der Waals surface area contributed by atoms with Crippen molar-refractivity contribution in [3.8, 4) is 0 Å². The van der Waals surface area contributed by atoms with Crippen LogP contribution < -0.4 is 0 Å². The molecule has 1 unspecified atom stereocenters. The second-order valence-electron chi connectivity index (χ2n) is 6.43. The topological polar surface area (TPSA) is 42.4 Å². The monoisotopic (exact) mass is 262 g/mol. The van der Waals surface area contributed by atoms with Gasteiger partial charge >= 0.3 is 6.09 Å². The van der Waals surface area contributed by atoms with E-state index in [1.165, 1.54) is 0 Å². The Balaban J connectivity index is 2.06. The summed E-state index contributed by atoms with van der Waals surface area (Å²) < 4.78 is 5.42. The molecule has 1 aliphatic rings. The molecular weight excluding hydrogens is 240 g/mol. The van der Waals surface area contributed by atoms with Gasteiger partial charge in [-0.05, 0) is 39.3 Å². The predicted molar refractivity (Wildman–Crippen MR) is 74.0 cm³/mol. The molecule has 4 nitrogen and oxygen atoms in total. The van der Waals surface area contributed by atoms with Gasteiger partial charge in [-0.15, -0.1) is 0 Å². The van der Waals surface area contributed by atoms with E-state index in [0.29, 0.717) is 6.54 Å². The fraction of sp³-hybridized carbons (Fsp3) is 0.600. The number of pyridine rings is 1. The normalized spacial score (nSPS) is 23.5. The first-order valence-corrected chi connectivity index (χ1v) is 6.70. The van der Waals surface area contributed by atoms with E-state index in [1.54, 1.807) is 11.1 Å². The Bertz CT molecular complexity index is 453. The second kappa shape index (κ2) is 4.83. The third kappa shape index (κ3) is 3.25. The van der Waals surface area contributed by atoms with Crippen molar-refractivity contribution >= 4 is 6.09 Å². The molecule has 0 radical (unpaired) electrons. The number of likely N-dealkylation sites (tertiary alicyclic amines) is 1. The average molecular weight is 262 g/mol. The summed E-state index contributed by atoms with van der Waals surface area (Å²) in [6, 6.07) is 5.93. The quantitative estimate of drug-likeness (QED) is 0.781. The minimum Gasteiger partial charge on any atom is -0.444 e. The zero-order valence-corrected chi connectivity index (χ0v) is 12.1. The van der Waals surface area contributed by atoms with Crippen LogP contribution in [0.25, 0.3) is 0 Å². The number of aromatic nitrogens is 1. The Morgan fingerprint density at radius 2 is 2.16 bits per heavy atom. The third-order valence-corrected chi connectivity index (χ3v) is 3.41. The van der Waals surface area contributed by atoms with E-state index in [-0.39, 0.29) is 11.5 Å². The van der Waals surface area contributed by atoms with E-state index in [4.69, 9.17) is 4.74 Å². The fourth-order valence-corrected chi connectivity index (χ4v) is 2.37. The summed E-state index contributed by atoms with van der Waals surface area (Å²) in [4.78, 5) is 18.3. The summed E-state index contributed by atoms with van der Waals surface area (Å²) in [6.07, 6.45) is 2.49. The van der Waals surface area contributed by atoms with Gasteiger partial charge in [0.2, 0.25) is 0 Å². The summed E-state index contributed by atoms with van der Waals surface area (Å²) >= 11 is 0. The van der Waals surface area contributed by atoms with Gasteiger partial charge in [0.15, 0.2) is 0 Å². The number of carbonyl (C=O) groups is 1. The van der Waals surface area contributed by atoms with Crippen LogP contribution in [0, 0.1) is 0 Å². The van der Waals surface area contributed by atoms with E-state index in [0.717, 1.165) is 18.7 Å². The van der Waals surface area contributed by atoms with Crippen LogP contribution in [-0.4, -0.2) is 34.7 Å². The molecule has 0 bridgehead atoms. The van der Waals surface area contributed by atoms with Gasteiger partial charge in [-0.25, -0.2) is 4.79 Å². The summed E-state index contributed by atoms with van der Waals surface area (Å²) in [6.45, 7) is 9.21. The average Bonchev–Trinajstić information content (AvgIpc) is 2.73. The molecule has 0 aromatic carbocycles. The lowest BCUT2D eigenvalue weighted by atomic mass is 9.85. The van der Waals surface area contributed by atoms with E-state index in [2.05, 4.69) is 11.9 Å². The van der Waals surface area contributed by atoms with Gasteiger partial charge in [0.05, 0.1) is 0 Å². The van der Waals surface area contributed by atoms with E-state index < -0.39 is 5.60 Å². The Labute approximate surface area is 114 Å². The van der Waals surface area contributed by atoms with Crippen LogP contribution >= 0.6 is 0 Å². The molecule has 104 valence electrons. The van der Waals surface area contributed by atoms with Crippen LogP contribution in [-0.2, 0) is 10.2 Å². The van der Waals surface area contributed by atoms with Gasteiger partial charge < -0.3 is 9.64 Å². The van der Waals surface area contributed by atoms with Crippen LogP contribution in [0.3, 0.4) is 0 Å². The molecule has 1 saturated heterocycles. The van der Waals surface area contributed by atoms with Crippen LogP contribution in [0.4, 0.5) is 4.79 Å². The van der Waals surface area contributed by atoms with Gasteiger partial charge in [-0.1, -0.05) is 13.0 Å². The highest BCUT2D eigenvalue weighted by molar-refractivity contribution is 5.68. The largest absolute Gasteiger partial charge is 0.444 e. The first-order valence-electron chi connectivity index (χ1n) is 6.70. The molecule has 0 N–H and O–H groups in total. The summed E-state index contributed by atoms with van der Waals surface area (Å²) in [5.41, 5.74) is 0.528. The lowest BCUT2D eigenvalue weighted by Crippen LogP contribution is -2.37. The highest BCUT2D eigenvalue weighted by Crippen LogP contribution is 2.33. The van der Waals surface area contributed by atoms with Crippen molar-refractivity contribution in [3.05, 3.63) is 30.1 Å². The van der Waals surface area contributed by atoms with Crippen LogP contribution in [0.15, 0.2) is 24.4 Å². The molecular formula is C15H22N2O2. The predicted octanol–water partition coefficient (Wildman–Crippen LogP) is 2.98. The molecule has 2 rings (SSSR count). The molecule has 1 aliphatic heterocycles.